The molecule has 1 aromatic carbocycles. The molecule has 0 aliphatic carbocycles. The molecule has 3 aromatic rings. The van der Waals surface area contributed by atoms with Crippen LogP contribution in [-0.2, 0) is 0 Å². The van der Waals surface area contributed by atoms with Gasteiger partial charge in [0.15, 0.2) is 0 Å². The summed E-state index contributed by atoms with van der Waals surface area (Å²) in [5.41, 5.74) is 8.24. The molecule has 0 unspecified atom stereocenters. The third kappa shape index (κ3) is 2.10. The highest BCUT2D eigenvalue weighted by molar-refractivity contribution is 5.93. The lowest BCUT2D eigenvalue weighted by Crippen LogP contribution is -1.99. The molecule has 0 amide bonds. The summed E-state index contributed by atoms with van der Waals surface area (Å²) in [6, 6.07) is 13.3. The summed E-state index contributed by atoms with van der Waals surface area (Å²) in [7, 11) is 0. The first-order chi connectivity index (χ1) is 9.78. The molecule has 96 valence electrons. The highest BCUT2D eigenvalue weighted by atomic mass is 15.0. The average molecular weight is 261 g/mol. The number of hydrogen-bond acceptors (Lipinski definition) is 5. The zero-order valence-electron chi connectivity index (χ0n) is 10.5. The summed E-state index contributed by atoms with van der Waals surface area (Å²) in [6.07, 6.45) is 3.26. The monoisotopic (exact) mass is 261 g/mol. The Balaban J connectivity index is 2.08. The third-order valence-corrected chi connectivity index (χ3v) is 2.93. The molecule has 0 aliphatic rings. The number of nitrogens with one attached hydrogen (secondary N) is 1. The lowest BCUT2D eigenvalue weighted by molar-refractivity contribution is 1.29. The first-order valence-electron chi connectivity index (χ1n) is 6.04. The van der Waals surface area contributed by atoms with Crippen LogP contribution in [0.1, 0.15) is 5.56 Å². The summed E-state index contributed by atoms with van der Waals surface area (Å²) in [5, 5.41) is 13.3. The van der Waals surface area contributed by atoms with Crippen LogP contribution in [0.15, 0.2) is 48.8 Å². The van der Waals surface area contributed by atoms with E-state index in [0.717, 1.165) is 16.6 Å². The molecule has 2 aromatic heterocycles. The smallest absolute Gasteiger partial charge is 0.148 e. The van der Waals surface area contributed by atoms with Crippen molar-refractivity contribution in [2.24, 2.45) is 0 Å². The van der Waals surface area contributed by atoms with E-state index < -0.39 is 0 Å². The second-order valence-electron chi connectivity index (χ2n) is 4.28. The van der Waals surface area contributed by atoms with Gasteiger partial charge in [0, 0.05) is 17.3 Å². The molecule has 0 aliphatic heterocycles. The fourth-order valence-corrected chi connectivity index (χ4v) is 2.01. The SMILES string of the molecule is N#Cc1cc(N)cnc1Nc1cccc2ncccc12. The first-order valence-corrected chi connectivity index (χ1v) is 6.04. The molecule has 2 heterocycles. The quantitative estimate of drug-likeness (QED) is 0.740. The number of nitrogens with two attached hydrogens (primary N) is 1. The molecule has 0 fully saturated rings. The number of fused-ring (bicyclic) bond motifs is 1. The minimum Gasteiger partial charge on any atom is -0.397 e. The summed E-state index contributed by atoms with van der Waals surface area (Å²) in [4.78, 5) is 8.47. The molecule has 0 bridgehead atoms. The molecule has 0 radical (unpaired) electrons. The average Bonchev–Trinajstić information content (AvgIpc) is 2.49. The Kier molecular flexibility index (Phi) is 2.90. The number of hydrogen-bond donors (Lipinski definition) is 2. The van der Waals surface area contributed by atoms with Crippen molar-refractivity contribution in [3.05, 3.63) is 54.4 Å². The summed E-state index contributed by atoms with van der Waals surface area (Å²) >= 11 is 0. The van der Waals surface area contributed by atoms with E-state index in [2.05, 4.69) is 21.4 Å². The van der Waals surface area contributed by atoms with Gasteiger partial charge in [-0.2, -0.15) is 5.26 Å². The molecular weight excluding hydrogens is 250 g/mol. The first kappa shape index (κ1) is 11.9. The van der Waals surface area contributed by atoms with Crippen LogP contribution in [0.25, 0.3) is 10.9 Å². The summed E-state index contributed by atoms with van der Waals surface area (Å²) < 4.78 is 0. The van der Waals surface area contributed by atoms with Crippen LogP contribution in [0.3, 0.4) is 0 Å². The number of pyridine rings is 2. The van der Waals surface area contributed by atoms with Crippen molar-refractivity contribution in [1.82, 2.24) is 9.97 Å². The van der Waals surface area contributed by atoms with Crippen LogP contribution in [-0.4, -0.2) is 9.97 Å². The fraction of sp³-hybridized carbons (Fsp3) is 0. The van der Waals surface area contributed by atoms with E-state index in [0.29, 0.717) is 17.1 Å². The van der Waals surface area contributed by atoms with Gasteiger partial charge in [0.2, 0.25) is 0 Å². The Morgan fingerprint density at radius 1 is 1.15 bits per heavy atom. The lowest BCUT2D eigenvalue weighted by atomic mass is 10.1. The Bertz CT molecular complexity index is 815. The molecule has 0 atom stereocenters. The normalized spacial score (nSPS) is 10.2. The van der Waals surface area contributed by atoms with Crippen molar-refractivity contribution in [3.63, 3.8) is 0 Å². The predicted molar refractivity (Wildman–Crippen MR) is 78.4 cm³/mol. The van der Waals surface area contributed by atoms with Crippen LogP contribution in [0.5, 0.6) is 0 Å². The maximum Gasteiger partial charge on any atom is 0.148 e. The van der Waals surface area contributed by atoms with Crippen LogP contribution in [0, 0.1) is 11.3 Å². The topological polar surface area (TPSA) is 87.6 Å². The van der Waals surface area contributed by atoms with Gasteiger partial charge >= 0.3 is 0 Å². The third-order valence-electron chi connectivity index (χ3n) is 2.93. The van der Waals surface area contributed by atoms with Crippen molar-refractivity contribution < 1.29 is 0 Å². The molecular formula is C15H11N5. The van der Waals surface area contributed by atoms with Crippen LogP contribution < -0.4 is 11.1 Å². The summed E-state index contributed by atoms with van der Waals surface area (Å²) in [6.45, 7) is 0. The largest absolute Gasteiger partial charge is 0.397 e. The standard InChI is InChI=1S/C15H11N5/c16-8-10-7-11(17)9-19-15(10)20-14-5-1-4-13-12(14)3-2-6-18-13/h1-7,9H,17H2,(H,19,20). The fourth-order valence-electron chi connectivity index (χ4n) is 2.01. The highest BCUT2D eigenvalue weighted by Gasteiger charge is 2.07. The van der Waals surface area contributed by atoms with Crippen molar-refractivity contribution >= 4 is 28.1 Å². The zero-order chi connectivity index (χ0) is 13.9. The number of nitriles is 1. The molecule has 0 saturated carbocycles. The van der Waals surface area contributed by atoms with Gasteiger partial charge in [-0.05, 0) is 30.3 Å². The van der Waals surface area contributed by atoms with Crippen molar-refractivity contribution in [1.29, 1.82) is 5.26 Å². The maximum atomic E-state index is 9.14. The maximum absolute atomic E-state index is 9.14. The van der Waals surface area contributed by atoms with Crippen LogP contribution in [0.2, 0.25) is 0 Å². The van der Waals surface area contributed by atoms with E-state index in [1.54, 1.807) is 12.3 Å². The Morgan fingerprint density at radius 3 is 2.90 bits per heavy atom. The van der Waals surface area contributed by atoms with Crippen LogP contribution >= 0.6 is 0 Å². The van der Waals surface area contributed by atoms with E-state index in [9.17, 15) is 0 Å². The molecule has 20 heavy (non-hydrogen) atoms. The molecule has 0 spiro atoms. The van der Waals surface area contributed by atoms with E-state index >= 15 is 0 Å². The molecule has 5 nitrogen and oxygen atoms in total. The van der Waals surface area contributed by atoms with Crippen LogP contribution in [0.4, 0.5) is 17.2 Å². The minimum absolute atomic E-state index is 0.408. The summed E-state index contributed by atoms with van der Waals surface area (Å²) in [5.74, 6) is 0.484. The van der Waals surface area contributed by atoms with E-state index in [-0.39, 0.29) is 0 Å². The van der Waals surface area contributed by atoms with Gasteiger partial charge in [-0.3, -0.25) is 4.98 Å². The van der Waals surface area contributed by atoms with Crippen molar-refractivity contribution in [2.75, 3.05) is 11.1 Å². The van der Waals surface area contributed by atoms with Gasteiger partial charge in [-0.15, -0.1) is 0 Å². The minimum atomic E-state index is 0.408. The Labute approximate surface area is 115 Å². The number of nitrogen functional groups attached to an aromatic ring is 1. The van der Waals surface area contributed by atoms with Gasteiger partial charge in [0.25, 0.3) is 0 Å². The van der Waals surface area contributed by atoms with Gasteiger partial charge in [-0.25, -0.2) is 4.98 Å². The highest BCUT2D eigenvalue weighted by Crippen LogP contribution is 2.26. The molecule has 3 N–H and O–H groups in total. The van der Waals surface area contributed by atoms with Gasteiger partial charge in [0.05, 0.1) is 23.0 Å². The second-order valence-corrected chi connectivity index (χ2v) is 4.28. The number of rotatable bonds is 2. The molecule has 5 heteroatoms. The van der Waals surface area contributed by atoms with Crippen molar-refractivity contribution in [2.45, 2.75) is 0 Å². The Hall–Kier alpha value is -3.13. The van der Waals surface area contributed by atoms with E-state index in [1.807, 2.05) is 30.3 Å². The molecule has 3 rings (SSSR count). The van der Waals surface area contributed by atoms with E-state index in [1.165, 1.54) is 6.20 Å². The molecule has 0 saturated heterocycles. The number of nitrogens with zero attached hydrogens (tertiary/aromatic N) is 3. The van der Waals surface area contributed by atoms with Gasteiger partial charge < -0.3 is 11.1 Å². The predicted octanol–water partition coefficient (Wildman–Crippen LogP) is 2.83. The zero-order valence-corrected chi connectivity index (χ0v) is 10.5. The van der Waals surface area contributed by atoms with Gasteiger partial charge in [0.1, 0.15) is 11.9 Å². The van der Waals surface area contributed by atoms with Gasteiger partial charge in [-0.1, -0.05) is 6.07 Å². The van der Waals surface area contributed by atoms with E-state index in [4.69, 9.17) is 11.0 Å². The second kappa shape index (κ2) is 4.86. The Morgan fingerprint density at radius 2 is 2.05 bits per heavy atom. The number of benzene rings is 1. The number of aromatic nitrogens is 2. The van der Waals surface area contributed by atoms with Crippen molar-refractivity contribution in [3.8, 4) is 6.07 Å². The number of anilines is 3. The lowest BCUT2D eigenvalue weighted by Gasteiger charge is -2.10.